The minimum Gasteiger partial charge on any atom is -0.452 e. The molecule has 0 aromatic heterocycles. The maximum atomic E-state index is 9.97. The van der Waals surface area contributed by atoms with Crippen LogP contribution in [0, 0.1) is 0 Å². The maximum Gasteiger partial charge on any atom is 0.422 e. The zero-order chi connectivity index (χ0) is 5.70. The SMILES string of the molecule is COC(=O)NNS. The first-order valence-electron chi connectivity index (χ1n) is 1.54. The molecule has 0 fully saturated rings. The topological polar surface area (TPSA) is 50.4 Å². The van der Waals surface area contributed by atoms with E-state index in [-0.39, 0.29) is 0 Å². The average Bonchev–Trinajstić information content (AvgIpc) is 1.68. The second kappa shape index (κ2) is 3.76. The van der Waals surface area contributed by atoms with Gasteiger partial charge < -0.3 is 4.74 Å². The Hall–Kier alpha value is -0.420. The first kappa shape index (κ1) is 6.58. The summed E-state index contributed by atoms with van der Waals surface area (Å²) in [7, 11) is 1.26. The molecule has 0 unspecified atom stereocenters. The smallest absolute Gasteiger partial charge is 0.422 e. The summed E-state index contributed by atoms with van der Waals surface area (Å²) in [4.78, 5) is 12.1. The van der Waals surface area contributed by atoms with Gasteiger partial charge in [-0.25, -0.2) is 10.2 Å². The number of carbonyl (C=O) groups excluding carboxylic acids is 1. The number of methoxy groups -OCH3 is 1. The molecule has 0 aliphatic carbocycles. The van der Waals surface area contributed by atoms with E-state index in [4.69, 9.17) is 0 Å². The third-order valence-electron chi connectivity index (χ3n) is 0.343. The number of nitrogens with one attached hydrogen (secondary N) is 2. The van der Waals surface area contributed by atoms with Crippen molar-refractivity contribution in [1.29, 1.82) is 0 Å². The number of hydrazine groups is 1. The van der Waals surface area contributed by atoms with Crippen LogP contribution in [0.5, 0.6) is 0 Å². The molecule has 4 nitrogen and oxygen atoms in total. The van der Waals surface area contributed by atoms with Gasteiger partial charge in [-0.2, -0.15) is 4.83 Å². The fourth-order valence-corrected chi connectivity index (χ4v) is 0.188. The number of rotatable bonds is 1. The molecule has 7 heavy (non-hydrogen) atoms. The average molecular weight is 122 g/mol. The zero-order valence-corrected chi connectivity index (χ0v) is 4.66. The molecule has 0 rings (SSSR count). The molecule has 0 spiro atoms. The third-order valence-corrected chi connectivity index (χ3v) is 0.455. The Morgan fingerprint density at radius 3 is 2.57 bits per heavy atom. The summed E-state index contributed by atoms with van der Waals surface area (Å²) < 4.78 is 4.13. The Morgan fingerprint density at radius 2 is 2.43 bits per heavy atom. The van der Waals surface area contributed by atoms with Crippen molar-refractivity contribution in [2.24, 2.45) is 0 Å². The van der Waals surface area contributed by atoms with Gasteiger partial charge in [0.15, 0.2) is 0 Å². The molecule has 2 N–H and O–H groups in total. The fraction of sp³-hybridized carbons (Fsp3) is 0.500. The lowest BCUT2D eigenvalue weighted by molar-refractivity contribution is 0.169. The summed E-state index contributed by atoms with van der Waals surface area (Å²) in [6, 6.07) is 0. The largest absolute Gasteiger partial charge is 0.452 e. The highest BCUT2D eigenvalue weighted by molar-refractivity contribution is 7.78. The molecule has 0 atom stereocenters. The highest BCUT2D eigenvalue weighted by Gasteiger charge is 1.89. The van der Waals surface area contributed by atoms with Crippen LogP contribution in [0.1, 0.15) is 0 Å². The number of hydrogen-bond acceptors (Lipinski definition) is 4. The van der Waals surface area contributed by atoms with E-state index in [1.807, 2.05) is 5.43 Å². The molecule has 0 bridgehead atoms. The van der Waals surface area contributed by atoms with E-state index in [9.17, 15) is 4.79 Å². The van der Waals surface area contributed by atoms with Crippen molar-refractivity contribution in [3.63, 3.8) is 0 Å². The lowest BCUT2D eigenvalue weighted by Crippen LogP contribution is -2.30. The van der Waals surface area contributed by atoms with Gasteiger partial charge in [0.05, 0.1) is 7.11 Å². The van der Waals surface area contributed by atoms with E-state index in [1.54, 1.807) is 0 Å². The van der Waals surface area contributed by atoms with Gasteiger partial charge in [-0.15, -0.1) is 0 Å². The molecule has 0 saturated carbocycles. The van der Waals surface area contributed by atoms with Gasteiger partial charge in [-0.3, -0.25) is 0 Å². The van der Waals surface area contributed by atoms with Gasteiger partial charge in [-0.1, -0.05) is 12.8 Å². The third kappa shape index (κ3) is 3.41. The van der Waals surface area contributed by atoms with Crippen molar-refractivity contribution in [1.82, 2.24) is 10.3 Å². The Bertz CT molecular complexity index is 66.7. The number of thiol groups is 1. The van der Waals surface area contributed by atoms with Gasteiger partial charge in [-0.05, 0) is 0 Å². The Labute approximate surface area is 46.7 Å². The Morgan fingerprint density at radius 1 is 1.86 bits per heavy atom. The molecule has 0 radical (unpaired) electrons. The molecule has 0 aromatic rings. The van der Waals surface area contributed by atoms with Crippen LogP contribution in [0.15, 0.2) is 0 Å². The Kier molecular flexibility index (Phi) is 3.53. The molecule has 0 aromatic carbocycles. The van der Waals surface area contributed by atoms with Gasteiger partial charge in [0.2, 0.25) is 0 Å². The summed E-state index contributed by atoms with van der Waals surface area (Å²) in [6.45, 7) is 0. The molecular weight excluding hydrogens is 116 g/mol. The predicted molar refractivity (Wildman–Crippen MR) is 27.7 cm³/mol. The predicted octanol–water partition coefficient (Wildman–Crippen LogP) is -0.308. The minimum atomic E-state index is -0.560. The summed E-state index contributed by atoms with van der Waals surface area (Å²) in [5.41, 5.74) is 2.05. The van der Waals surface area contributed by atoms with Gasteiger partial charge in [0, 0.05) is 0 Å². The monoisotopic (exact) mass is 122 g/mol. The van der Waals surface area contributed by atoms with Gasteiger partial charge in [0.25, 0.3) is 0 Å². The van der Waals surface area contributed by atoms with E-state index in [2.05, 4.69) is 22.4 Å². The van der Waals surface area contributed by atoms with E-state index >= 15 is 0 Å². The zero-order valence-electron chi connectivity index (χ0n) is 3.76. The highest BCUT2D eigenvalue weighted by Crippen LogP contribution is 1.64. The normalized spacial score (nSPS) is 7.71. The lowest BCUT2D eigenvalue weighted by Gasteiger charge is -1.96. The van der Waals surface area contributed by atoms with Gasteiger partial charge >= 0.3 is 6.09 Å². The maximum absolute atomic E-state index is 9.97. The van der Waals surface area contributed by atoms with E-state index in [1.165, 1.54) is 7.11 Å². The van der Waals surface area contributed by atoms with Crippen LogP contribution < -0.4 is 10.3 Å². The first-order chi connectivity index (χ1) is 3.31. The van der Waals surface area contributed by atoms with Crippen molar-refractivity contribution in [3.05, 3.63) is 0 Å². The van der Waals surface area contributed by atoms with E-state index < -0.39 is 6.09 Å². The molecular formula is C2H6N2O2S. The Balaban J connectivity index is 3.00. The molecule has 0 heterocycles. The molecule has 0 saturated heterocycles. The first-order valence-corrected chi connectivity index (χ1v) is 1.99. The van der Waals surface area contributed by atoms with Gasteiger partial charge in [0.1, 0.15) is 0 Å². The van der Waals surface area contributed by atoms with Crippen molar-refractivity contribution in [2.75, 3.05) is 7.11 Å². The van der Waals surface area contributed by atoms with Crippen LogP contribution >= 0.6 is 12.8 Å². The summed E-state index contributed by atoms with van der Waals surface area (Å²) in [5, 5.41) is 0. The number of amides is 1. The summed E-state index contributed by atoms with van der Waals surface area (Å²) >= 11 is 3.45. The standard InChI is InChI=1S/C2H6N2O2S/c1-6-2(5)3-4-7/h4,7H,1H3,(H,3,5). The molecule has 1 amide bonds. The van der Waals surface area contributed by atoms with Crippen LogP contribution in [-0.4, -0.2) is 13.2 Å². The number of ether oxygens (including phenoxy) is 1. The van der Waals surface area contributed by atoms with Crippen LogP contribution in [-0.2, 0) is 4.74 Å². The summed E-state index contributed by atoms with van der Waals surface area (Å²) in [6.07, 6.45) is -0.560. The highest BCUT2D eigenvalue weighted by atomic mass is 32.1. The number of hydrogen-bond donors (Lipinski definition) is 3. The van der Waals surface area contributed by atoms with Crippen LogP contribution in [0.4, 0.5) is 4.79 Å². The van der Waals surface area contributed by atoms with Crippen molar-refractivity contribution in [3.8, 4) is 0 Å². The second-order valence-electron chi connectivity index (χ2n) is 0.728. The fourth-order valence-electron chi connectivity index (χ4n) is 0.0967. The molecule has 0 aliphatic heterocycles. The van der Waals surface area contributed by atoms with Crippen LogP contribution in [0.2, 0.25) is 0 Å². The van der Waals surface area contributed by atoms with Crippen molar-refractivity contribution < 1.29 is 9.53 Å². The van der Waals surface area contributed by atoms with Crippen LogP contribution in [0.3, 0.4) is 0 Å². The second-order valence-corrected chi connectivity index (χ2v) is 0.952. The minimum absolute atomic E-state index is 0.560. The number of carbonyl (C=O) groups is 1. The van der Waals surface area contributed by atoms with Crippen LogP contribution in [0.25, 0.3) is 0 Å². The quantitative estimate of drug-likeness (QED) is 0.330. The van der Waals surface area contributed by atoms with E-state index in [0.717, 1.165) is 0 Å². The van der Waals surface area contributed by atoms with Crippen molar-refractivity contribution in [2.45, 2.75) is 0 Å². The van der Waals surface area contributed by atoms with Crippen molar-refractivity contribution >= 4 is 18.9 Å². The lowest BCUT2D eigenvalue weighted by atomic mass is 11.2. The summed E-state index contributed by atoms with van der Waals surface area (Å²) in [5.74, 6) is 0. The molecule has 0 aliphatic rings. The van der Waals surface area contributed by atoms with E-state index in [0.29, 0.717) is 0 Å². The molecule has 5 heteroatoms. The molecule has 42 valence electrons.